The minimum absolute atomic E-state index is 0.839. The molecule has 0 radical (unpaired) electrons. The Kier molecular flexibility index (Phi) is 1.44. The van der Waals surface area contributed by atoms with Crippen molar-refractivity contribution in [1.82, 2.24) is 15.2 Å². The first-order valence-corrected chi connectivity index (χ1v) is 4.40. The number of hydrogen-bond acceptors (Lipinski definition) is 3. The number of fused-ring (bicyclic) bond motifs is 3. The molecule has 1 aromatic heterocycles. The fourth-order valence-corrected chi connectivity index (χ4v) is 1.63. The summed E-state index contributed by atoms with van der Waals surface area (Å²) in [6.07, 6.45) is 1.48. The number of rotatable bonds is 0. The van der Waals surface area contributed by atoms with Crippen LogP contribution in [0.5, 0.6) is 0 Å². The molecule has 0 saturated carbocycles. The summed E-state index contributed by atoms with van der Waals surface area (Å²) in [6.45, 7) is 0. The molecule has 0 N–H and O–H groups in total. The lowest BCUT2D eigenvalue weighted by atomic mass is 10.1. The van der Waals surface area contributed by atoms with Crippen LogP contribution in [0.1, 0.15) is 0 Å². The van der Waals surface area contributed by atoms with Gasteiger partial charge in [0.05, 0.1) is 0 Å². The number of nitrogens with zero attached hydrogens (tertiary/aromatic N) is 3. The molecule has 0 aliphatic rings. The summed E-state index contributed by atoms with van der Waals surface area (Å²) in [5, 5.41) is 10.1. The highest BCUT2D eigenvalue weighted by Gasteiger charge is 2.00. The first-order valence-electron chi connectivity index (χ1n) is 4.40. The molecule has 0 unspecified atom stereocenters. The van der Waals surface area contributed by atoms with Gasteiger partial charge in [0, 0.05) is 5.39 Å². The van der Waals surface area contributed by atoms with Gasteiger partial charge in [0.15, 0.2) is 0 Å². The zero-order valence-corrected chi connectivity index (χ0v) is 7.38. The molecule has 1 heterocycles. The summed E-state index contributed by atoms with van der Waals surface area (Å²) < 4.78 is 0. The third-order valence-corrected chi connectivity index (χ3v) is 2.28. The molecule has 3 nitrogen and oxygen atoms in total. The lowest BCUT2D eigenvalue weighted by Gasteiger charge is -1.99. The van der Waals surface area contributed by atoms with Crippen LogP contribution in [0.3, 0.4) is 0 Å². The lowest BCUT2D eigenvalue weighted by Crippen LogP contribution is -1.87. The molecule has 3 rings (SSSR count). The van der Waals surface area contributed by atoms with Crippen molar-refractivity contribution in [1.29, 1.82) is 0 Å². The fraction of sp³-hybridized carbons (Fsp3) is 0. The van der Waals surface area contributed by atoms with Crippen LogP contribution in [0.25, 0.3) is 21.8 Å². The lowest BCUT2D eigenvalue weighted by molar-refractivity contribution is 1.02. The minimum atomic E-state index is 0.839. The Hall–Kier alpha value is -2.03. The summed E-state index contributed by atoms with van der Waals surface area (Å²) in [6, 6.07) is 12.1. The topological polar surface area (TPSA) is 38.7 Å². The molecule has 0 aliphatic heterocycles. The SMILES string of the molecule is c1ccc2c(c1)ccc1nncnc12. The second-order valence-electron chi connectivity index (χ2n) is 3.11. The first kappa shape index (κ1) is 7.38. The largest absolute Gasteiger partial charge is 0.232 e. The summed E-state index contributed by atoms with van der Waals surface area (Å²) in [7, 11) is 0. The van der Waals surface area contributed by atoms with Crippen molar-refractivity contribution in [2.24, 2.45) is 0 Å². The van der Waals surface area contributed by atoms with Gasteiger partial charge in [0.1, 0.15) is 17.4 Å². The van der Waals surface area contributed by atoms with E-state index in [4.69, 9.17) is 0 Å². The van der Waals surface area contributed by atoms with Gasteiger partial charge in [-0.25, -0.2) is 4.98 Å². The van der Waals surface area contributed by atoms with Crippen molar-refractivity contribution in [2.45, 2.75) is 0 Å². The monoisotopic (exact) mass is 181 g/mol. The maximum absolute atomic E-state index is 4.24. The molecule has 0 amide bonds. The van der Waals surface area contributed by atoms with Gasteiger partial charge < -0.3 is 0 Å². The van der Waals surface area contributed by atoms with Crippen molar-refractivity contribution in [3.63, 3.8) is 0 Å². The second kappa shape index (κ2) is 2.73. The van der Waals surface area contributed by atoms with E-state index in [1.54, 1.807) is 0 Å². The molecule has 3 aromatic rings. The smallest absolute Gasteiger partial charge is 0.138 e. The van der Waals surface area contributed by atoms with Crippen LogP contribution in [0.2, 0.25) is 0 Å². The predicted octanol–water partition coefficient (Wildman–Crippen LogP) is 2.18. The minimum Gasteiger partial charge on any atom is -0.232 e. The summed E-state index contributed by atoms with van der Waals surface area (Å²) in [5.41, 5.74) is 1.75. The molecule has 66 valence electrons. The average Bonchev–Trinajstić information content (AvgIpc) is 2.29. The highest BCUT2D eigenvalue weighted by molar-refractivity contribution is 6.03. The highest BCUT2D eigenvalue weighted by Crippen LogP contribution is 2.20. The Bertz CT molecular complexity index is 550. The van der Waals surface area contributed by atoms with Crippen LogP contribution in [-0.4, -0.2) is 15.2 Å². The van der Waals surface area contributed by atoms with Gasteiger partial charge in [-0.1, -0.05) is 30.3 Å². The average molecular weight is 181 g/mol. The highest BCUT2D eigenvalue weighted by atomic mass is 15.1. The predicted molar refractivity (Wildman–Crippen MR) is 54.8 cm³/mol. The fourth-order valence-electron chi connectivity index (χ4n) is 1.63. The number of hydrogen-bond donors (Lipinski definition) is 0. The Labute approximate surface area is 80.4 Å². The van der Waals surface area contributed by atoms with E-state index in [2.05, 4.69) is 21.2 Å². The molecule has 2 aromatic carbocycles. The quantitative estimate of drug-likeness (QED) is 0.499. The van der Waals surface area contributed by atoms with Crippen molar-refractivity contribution < 1.29 is 0 Å². The Balaban J connectivity index is 2.61. The van der Waals surface area contributed by atoms with Crippen LogP contribution >= 0.6 is 0 Å². The van der Waals surface area contributed by atoms with Gasteiger partial charge >= 0.3 is 0 Å². The van der Waals surface area contributed by atoms with Crippen molar-refractivity contribution in [2.75, 3.05) is 0 Å². The summed E-state index contributed by atoms with van der Waals surface area (Å²) >= 11 is 0. The third kappa shape index (κ3) is 0.956. The summed E-state index contributed by atoms with van der Waals surface area (Å²) in [4.78, 5) is 4.24. The van der Waals surface area contributed by atoms with Crippen LogP contribution in [0.4, 0.5) is 0 Å². The van der Waals surface area contributed by atoms with Gasteiger partial charge in [-0.2, -0.15) is 0 Å². The van der Waals surface area contributed by atoms with E-state index in [0.717, 1.165) is 16.4 Å². The van der Waals surface area contributed by atoms with Crippen LogP contribution in [0, 0.1) is 0 Å². The van der Waals surface area contributed by atoms with E-state index in [1.807, 2.05) is 30.3 Å². The van der Waals surface area contributed by atoms with Crippen LogP contribution in [-0.2, 0) is 0 Å². The van der Waals surface area contributed by atoms with E-state index in [1.165, 1.54) is 11.7 Å². The molecule has 0 fully saturated rings. The van der Waals surface area contributed by atoms with Gasteiger partial charge in [-0.3, -0.25) is 0 Å². The third-order valence-electron chi connectivity index (χ3n) is 2.28. The molecule has 14 heavy (non-hydrogen) atoms. The van der Waals surface area contributed by atoms with Crippen molar-refractivity contribution >= 4 is 21.8 Å². The van der Waals surface area contributed by atoms with Gasteiger partial charge in [-0.15, -0.1) is 10.2 Å². The van der Waals surface area contributed by atoms with Crippen molar-refractivity contribution in [3.05, 3.63) is 42.7 Å². The molecule has 0 saturated heterocycles. The molecule has 0 aliphatic carbocycles. The zero-order valence-electron chi connectivity index (χ0n) is 7.38. The van der Waals surface area contributed by atoms with Crippen LogP contribution in [0.15, 0.2) is 42.7 Å². The second-order valence-corrected chi connectivity index (χ2v) is 3.11. The summed E-state index contributed by atoms with van der Waals surface area (Å²) in [5.74, 6) is 0. The van der Waals surface area contributed by atoms with Crippen molar-refractivity contribution in [3.8, 4) is 0 Å². The Morgan fingerprint density at radius 2 is 1.86 bits per heavy atom. The Morgan fingerprint density at radius 3 is 2.86 bits per heavy atom. The maximum Gasteiger partial charge on any atom is 0.138 e. The van der Waals surface area contributed by atoms with Crippen LogP contribution < -0.4 is 0 Å². The molecule has 0 bridgehead atoms. The molecule has 3 heteroatoms. The van der Waals surface area contributed by atoms with E-state index in [-0.39, 0.29) is 0 Å². The first-order chi connectivity index (χ1) is 6.95. The Morgan fingerprint density at radius 1 is 0.929 bits per heavy atom. The van der Waals surface area contributed by atoms with E-state index < -0.39 is 0 Å². The molecular weight excluding hydrogens is 174 g/mol. The van der Waals surface area contributed by atoms with Gasteiger partial charge in [0.2, 0.25) is 0 Å². The zero-order chi connectivity index (χ0) is 9.38. The molecular formula is C11H7N3. The maximum atomic E-state index is 4.24. The van der Waals surface area contributed by atoms with Gasteiger partial charge in [-0.05, 0) is 11.5 Å². The molecule has 0 spiro atoms. The normalized spacial score (nSPS) is 10.9. The van der Waals surface area contributed by atoms with E-state index in [0.29, 0.717) is 0 Å². The van der Waals surface area contributed by atoms with E-state index in [9.17, 15) is 0 Å². The van der Waals surface area contributed by atoms with E-state index >= 15 is 0 Å². The van der Waals surface area contributed by atoms with Gasteiger partial charge in [0.25, 0.3) is 0 Å². The number of aromatic nitrogens is 3. The standard InChI is InChI=1S/C11H7N3/c1-2-4-9-8(3-1)5-6-10-11(9)12-7-13-14-10/h1-7H. The number of benzene rings is 2. The molecule has 0 atom stereocenters.